The van der Waals surface area contributed by atoms with Crippen molar-refractivity contribution in [2.75, 3.05) is 7.11 Å². The van der Waals surface area contributed by atoms with E-state index < -0.39 is 11.2 Å². The van der Waals surface area contributed by atoms with E-state index in [0.29, 0.717) is 45.2 Å². The van der Waals surface area contributed by atoms with E-state index in [1.807, 2.05) is 48.6 Å². The summed E-state index contributed by atoms with van der Waals surface area (Å²) in [7, 11) is 3.18. The second kappa shape index (κ2) is 10.2. The van der Waals surface area contributed by atoms with Crippen molar-refractivity contribution < 1.29 is 9.53 Å². The van der Waals surface area contributed by atoms with Gasteiger partial charge in [0, 0.05) is 19.2 Å². The number of benzene rings is 1. The van der Waals surface area contributed by atoms with Gasteiger partial charge in [-0.2, -0.15) is 5.21 Å². The lowest BCUT2D eigenvalue weighted by Gasteiger charge is -2.09. The van der Waals surface area contributed by atoms with Crippen LogP contribution in [-0.2, 0) is 20.1 Å². The Hall–Kier alpha value is -4.58. The molecule has 1 aliphatic carbocycles. The third-order valence-corrected chi connectivity index (χ3v) is 7.13. The molecule has 0 atom stereocenters. The monoisotopic (exact) mass is 517 g/mol. The number of carbonyl (C=O) groups excluding carboxylic acids is 1. The minimum Gasteiger partial charge on any atom is -0.497 e. The summed E-state index contributed by atoms with van der Waals surface area (Å²) in [6, 6.07) is 8.93. The van der Waals surface area contributed by atoms with Crippen LogP contribution in [0.5, 0.6) is 5.75 Å². The Morgan fingerprint density at radius 3 is 2.92 bits per heavy atom. The summed E-state index contributed by atoms with van der Waals surface area (Å²) in [5.74, 6) is 0.790. The number of tetrazole rings is 1. The van der Waals surface area contributed by atoms with Crippen molar-refractivity contribution in [1.29, 1.82) is 0 Å². The van der Waals surface area contributed by atoms with Crippen LogP contribution >= 0.6 is 11.3 Å². The fourth-order valence-electron chi connectivity index (χ4n) is 4.02. The molecule has 2 N–H and O–H groups in total. The van der Waals surface area contributed by atoms with Gasteiger partial charge in [-0.1, -0.05) is 30.4 Å². The number of nitrogens with one attached hydrogen (secondary N) is 2. The summed E-state index contributed by atoms with van der Waals surface area (Å²) in [6.07, 6.45) is 8.20. The molecule has 0 unspecified atom stereocenters. The highest BCUT2D eigenvalue weighted by Gasteiger charge is 2.19. The van der Waals surface area contributed by atoms with Gasteiger partial charge in [-0.05, 0) is 47.0 Å². The van der Waals surface area contributed by atoms with Crippen LogP contribution in [0.25, 0.3) is 15.8 Å². The molecule has 12 heteroatoms. The third kappa shape index (κ3) is 4.91. The number of amides is 1. The zero-order valence-electron chi connectivity index (χ0n) is 20.1. The molecule has 3 heterocycles. The number of H-pyrrole nitrogens is 1. The smallest absolute Gasteiger partial charge is 0.332 e. The SMILES string of the molecule is COc1cccc(CNC(=O)c2cc3c(=O)n(CC4=CCC=CC(c5nn[nH]n5)=C4)c(=O)n(C)c3s2)c1. The topological polar surface area (TPSA) is 137 Å². The predicted molar refractivity (Wildman–Crippen MR) is 139 cm³/mol. The Kier molecular flexibility index (Phi) is 6.64. The standard InChI is InChI=1S/C25H23N7O4S/c1-31-24-19(12-20(37-24)22(33)26-13-15-7-5-9-18(11-15)36-2)23(34)32(25(31)35)14-16-6-3-4-8-17(10-16)21-27-29-30-28-21/h4-12H,3,13-14H2,1-2H3,(H,26,33)(H,27,28,29,30). The van der Waals surface area contributed by atoms with E-state index in [4.69, 9.17) is 4.74 Å². The molecule has 0 radical (unpaired) electrons. The van der Waals surface area contributed by atoms with Gasteiger partial charge < -0.3 is 10.1 Å². The van der Waals surface area contributed by atoms with Crippen molar-refractivity contribution in [3.63, 3.8) is 0 Å². The molecule has 0 saturated carbocycles. The molecule has 4 aromatic rings. The molecule has 0 fully saturated rings. The average molecular weight is 518 g/mol. The molecule has 0 spiro atoms. The van der Waals surface area contributed by atoms with E-state index in [0.717, 1.165) is 22.5 Å². The fraction of sp³-hybridized carbons (Fsp3) is 0.200. The molecule has 37 heavy (non-hydrogen) atoms. The number of aromatic nitrogens is 6. The summed E-state index contributed by atoms with van der Waals surface area (Å²) in [4.78, 5) is 40.2. The summed E-state index contributed by atoms with van der Waals surface area (Å²) >= 11 is 1.11. The number of ether oxygens (including phenoxy) is 1. The van der Waals surface area contributed by atoms with Crippen molar-refractivity contribution in [1.82, 2.24) is 35.1 Å². The first kappa shape index (κ1) is 24.1. The molecule has 1 aliphatic rings. The van der Waals surface area contributed by atoms with E-state index in [-0.39, 0.29) is 12.5 Å². The number of rotatable bonds is 7. The molecule has 0 saturated heterocycles. The largest absolute Gasteiger partial charge is 0.497 e. The fourth-order valence-corrected chi connectivity index (χ4v) is 5.05. The zero-order chi connectivity index (χ0) is 25.9. The number of aryl methyl sites for hydroxylation is 1. The first-order chi connectivity index (χ1) is 17.9. The van der Waals surface area contributed by atoms with Crippen molar-refractivity contribution in [2.45, 2.75) is 19.5 Å². The van der Waals surface area contributed by atoms with Crippen LogP contribution in [-0.4, -0.2) is 42.8 Å². The first-order valence-corrected chi connectivity index (χ1v) is 12.2. The summed E-state index contributed by atoms with van der Waals surface area (Å²) in [5, 5.41) is 17.2. The lowest BCUT2D eigenvalue weighted by atomic mass is 10.1. The van der Waals surface area contributed by atoms with E-state index in [1.54, 1.807) is 20.2 Å². The van der Waals surface area contributed by atoms with Crippen molar-refractivity contribution in [2.24, 2.45) is 7.05 Å². The highest BCUT2D eigenvalue weighted by atomic mass is 32.1. The number of aromatic amines is 1. The maximum Gasteiger partial charge on any atom is 0.332 e. The number of nitrogens with zero attached hydrogens (tertiary/aromatic N) is 5. The van der Waals surface area contributed by atoms with Gasteiger partial charge in [-0.25, -0.2) is 4.79 Å². The van der Waals surface area contributed by atoms with E-state index >= 15 is 0 Å². The predicted octanol–water partition coefficient (Wildman–Crippen LogP) is 2.18. The molecule has 0 bridgehead atoms. The van der Waals surface area contributed by atoms with Gasteiger partial charge in [-0.15, -0.1) is 21.5 Å². The Morgan fingerprint density at radius 2 is 2.14 bits per heavy atom. The highest BCUT2D eigenvalue weighted by Crippen LogP contribution is 2.23. The Balaban J connectivity index is 1.43. The molecule has 0 aliphatic heterocycles. The number of hydrogen-bond donors (Lipinski definition) is 2. The normalized spacial score (nSPS) is 13.2. The minimum atomic E-state index is -0.463. The van der Waals surface area contributed by atoms with E-state index in [9.17, 15) is 14.4 Å². The number of thiophene rings is 1. The van der Waals surface area contributed by atoms with Crippen LogP contribution < -0.4 is 21.3 Å². The summed E-state index contributed by atoms with van der Waals surface area (Å²) in [5.41, 5.74) is 1.44. The molecule has 1 aromatic carbocycles. The van der Waals surface area contributed by atoms with Crippen LogP contribution in [0, 0.1) is 0 Å². The molecule has 1 amide bonds. The minimum absolute atomic E-state index is 0.0672. The van der Waals surface area contributed by atoms with Gasteiger partial charge in [0.05, 0.1) is 23.9 Å². The highest BCUT2D eigenvalue weighted by molar-refractivity contribution is 7.20. The second-order valence-electron chi connectivity index (χ2n) is 8.35. The molecule has 188 valence electrons. The summed E-state index contributed by atoms with van der Waals surface area (Å²) < 4.78 is 7.80. The second-order valence-corrected chi connectivity index (χ2v) is 9.38. The number of carbonyl (C=O) groups is 1. The van der Waals surface area contributed by atoms with Crippen LogP contribution in [0.4, 0.5) is 0 Å². The van der Waals surface area contributed by atoms with E-state index in [2.05, 4.69) is 25.9 Å². The molecular formula is C25H23N7O4S. The Labute approximate surface area is 214 Å². The molecule has 11 nitrogen and oxygen atoms in total. The lowest BCUT2D eigenvalue weighted by Crippen LogP contribution is -2.38. The molecular weight excluding hydrogens is 494 g/mol. The maximum atomic E-state index is 13.4. The van der Waals surface area contributed by atoms with Gasteiger partial charge in [0.15, 0.2) is 0 Å². The number of fused-ring (bicyclic) bond motifs is 1. The van der Waals surface area contributed by atoms with Crippen LogP contribution in [0.1, 0.15) is 27.5 Å². The third-order valence-electron chi connectivity index (χ3n) is 5.92. The number of methoxy groups -OCH3 is 1. The van der Waals surface area contributed by atoms with Crippen LogP contribution in [0.3, 0.4) is 0 Å². The first-order valence-electron chi connectivity index (χ1n) is 11.4. The van der Waals surface area contributed by atoms with Crippen molar-refractivity contribution >= 4 is 33.0 Å². The maximum absolute atomic E-state index is 13.4. The number of hydrogen-bond acceptors (Lipinski definition) is 8. The van der Waals surface area contributed by atoms with Gasteiger partial charge in [0.1, 0.15) is 10.6 Å². The van der Waals surface area contributed by atoms with E-state index in [1.165, 1.54) is 9.13 Å². The zero-order valence-corrected chi connectivity index (χ0v) is 20.9. The molecule has 3 aromatic heterocycles. The Bertz CT molecular complexity index is 1690. The van der Waals surface area contributed by atoms with Gasteiger partial charge in [0.25, 0.3) is 11.5 Å². The number of allylic oxidation sites excluding steroid dienone is 6. The Morgan fingerprint density at radius 1 is 1.27 bits per heavy atom. The average Bonchev–Trinajstić information content (AvgIpc) is 3.56. The van der Waals surface area contributed by atoms with Gasteiger partial charge in [-0.3, -0.25) is 18.7 Å². The van der Waals surface area contributed by atoms with Gasteiger partial charge >= 0.3 is 5.69 Å². The van der Waals surface area contributed by atoms with Crippen molar-refractivity contribution in [3.8, 4) is 5.75 Å². The summed E-state index contributed by atoms with van der Waals surface area (Å²) in [6.45, 7) is 0.363. The quantitative estimate of drug-likeness (QED) is 0.383. The van der Waals surface area contributed by atoms with Gasteiger partial charge in [0.2, 0.25) is 5.82 Å². The van der Waals surface area contributed by atoms with Crippen LogP contribution in [0.15, 0.2) is 69.8 Å². The molecule has 5 rings (SSSR count). The van der Waals surface area contributed by atoms with Crippen molar-refractivity contribution in [3.05, 3.63) is 97.3 Å². The van der Waals surface area contributed by atoms with Crippen LogP contribution in [0.2, 0.25) is 0 Å². The lowest BCUT2D eigenvalue weighted by molar-refractivity contribution is 0.0955.